The predicted molar refractivity (Wildman–Crippen MR) is 81.9 cm³/mol. The summed E-state index contributed by atoms with van der Waals surface area (Å²) >= 11 is 11.5. The maximum Gasteiger partial charge on any atom is 0.326 e. The van der Waals surface area contributed by atoms with Gasteiger partial charge in [-0.1, -0.05) is 40.9 Å². The summed E-state index contributed by atoms with van der Waals surface area (Å²) < 4.78 is 0. The number of nitrogens with one attached hydrogen (secondary N) is 2. The molecule has 0 spiro atoms. The average Bonchev–Trinajstić information content (AvgIpc) is 2.44. The molecule has 0 fully saturated rings. The summed E-state index contributed by atoms with van der Waals surface area (Å²) in [5, 5.41) is 4.92. The molecular formula is C14H11Cl2N3O2. The van der Waals surface area contributed by atoms with Crippen molar-refractivity contribution in [1.29, 1.82) is 0 Å². The summed E-state index contributed by atoms with van der Waals surface area (Å²) in [6.45, 7) is 1.93. The van der Waals surface area contributed by atoms with Crippen LogP contribution in [0, 0.1) is 6.92 Å². The molecule has 1 heterocycles. The molecule has 0 aliphatic carbocycles. The van der Waals surface area contributed by atoms with Crippen LogP contribution in [0.3, 0.4) is 0 Å². The van der Waals surface area contributed by atoms with Crippen LogP contribution in [0.4, 0.5) is 10.5 Å². The van der Waals surface area contributed by atoms with Crippen molar-refractivity contribution in [3.05, 3.63) is 57.8 Å². The number of carbonyl (C=O) groups excluding carboxylic acids is 2. The lowest BCUT2D eigenvalue weighted by molar-refractivity contribution is 0.0967. The second-order valence-electron chi connectivity index (χ2n) is 4.27. The Morgan fingerprint density at radius 2 is 1.81 bits per heavy atom. The van der Waals surface area contributed by atoms with Crippen LogP contribution < -0.4 is 10.6 Å². The lowest BCUT2D eigenvalue weighted by atomic mass is 10.2. The zero-order valence-corrected chi connectivity index (χ0v) is 12.5. The number of hydrogen-bond donors (Lipinski definition) is 2. The van der Waals surface area contributed by atoms with E-state index in [9.17, 15) is 9.59 Å². The summed E-state index contributed by atoms with van der Waals surface area (Å²) in [5.74, 6) is -0.681. The van der Waals surface area contributed by atoms with Gasteiger partial charge in [-0.15, -0.1) is 0 Å². The van der Waals surface area contributed by atoms with Gasteiger partial charge in [0, 0.05) is 11.9 Å². The van der Waals surface area contributed by atoms with E-state index in [4.69, 9.17) is 23.2 Å². The molecular weight excluding hydrogens is 313 g/mol. The van der Waals surface area contributed by atoms with E-state index < -0.39 is 11.9 Å². The number of urea groups is 1. The Balaban J connectivity index is 2.03. The van der Waals surface area contributed by atoms with E-state index in [1.807, 2.05) is 19.1 Å². The van der Waals surface area contributed by atoms with Crippen LogP contribution in [0.5, 0.6) is 0 Å². The fraction of sp³-hybridized carbons (Fsp3) is 0.0714. The van der Waals surface area contributed by atoms with Crippen LogP contribution in [-0.2, 0) is 0 Å². The molecule has 7 heteroatoms. The fourth-order valence-corrected chi connectivity index (χ4v) is 1.90. The predicted octanol–water partition coefficient (Wildman–Crippen LogP) is 3.66. The number of pyridine rings is 1. The number of imide groups is 1. The van der Waals surface area contributed by atoms with Gasteiger partial charge in [-0.3, -0.25) is 10.1 Å². The number of amides is 3. The molecule has 0 atom stereocenters. The third-order valence-electron chi connectivity index (χ3n) is 2.59. The highest BCUT2D eigenvalue weighted by atomic mass is 35.5. The first-order chi connectivity index (χ1) is 9.95. The maximum absolute atomic E-state index is 11.9. The number of aromatic nitrogens is 1. The molecule has 108 valence electrons. The smallest absolute Gasteiger partial charge is 0.308 e. The quantitative estimate of drug-likeness (QED) is 0.828. The Kier molecular flexibility index (Phi) is 4.77. The molecule has 21 heavy (non-hydrogen) atoms. The third kappa shape index (κ3) is 4.18. The molecule has 1 aromatic carbocycles. The highest BCUT2D eigenvalue weighted by Gasteiger charge is 2.15. The van der Waals surface area contributed by atoms with E-state index in [1.165, 1.54) is 12.3 Å². The van der Waals surface area contributed by atoms with Gasteiger partial charge in [0.05, 0.1) is 10.6 Å². The van der Waals surface area contributed by atoms with Gasteiger partial charge in [0.15, 0.2) is 0 Å². The largest absolute Gasteiger partial charge is 0.326 e. The van der Waals surface area contributed by atoms with Crippen molar-refractivity contribution in [2.75, 3.05) is 5.32 Å². The number of rotatable bonds is 2. The van der Waals surface area contributed by atoms with E-state index in [1.54, 1.807) is 12.1 Å². The van der Waals surface area contributed by atoms with Crippen molar-refractivity contribution in [1.82, 2.24) is 10.3 Å². The molecule has 2 N–H and O–H groups in total. The van der Waals surface area contributed by atoms with Gasteiger partial charge in [-0.25, -0.2) is 9.78 Å². The van der Waals surface area contributed by atoms with Gasteiger partial charge < -0.3 is 5.32 Å². The molecule has 3 amide bonds. The summed E-state index contributed by atoms with van der Waals surface area (Å²) in [5.41, 5.74) is 1.67. The molecule has 5 nitrogen and oxygen atoms in total. The monoisotopic (exact) mass is 323 g/mol. The highest BCUT2D eigenvalue weighted by molar-refractivity contribution is 6.35. The zero-order valence-electron chi connectivity index (χ0n) is 11.0. The summed E-state index contributed by atoms with van der Waals surface area (Å²) in [7, 11) is 0. The lowest BCUT2D eigenvalue weighted by Gasteiger charge is -2.08. The van der Waals surface area contributed by atoms with E-state index in [2.05, 4.69) is 15.6 Å². The normalized spacial score (nSPS) is 10.0. The highest BCUT2D eigenvalue weighted by Crippen LogP contribution is 2.17. The molecule has 1 aromatic heterocycles. The van der Waals surface area contributed by atoms with Crippen LogP contribution in [0.1, 0.15) is 15.9 Å². The molecule has 0 aliphatic rings. The SMILES string of the molecule is Cc1ccc(NC(=O)NC(=O)c2cc(Cl)cnc2Cl)cc1. The maximum atomic E-state index is 11.9. The van der Waals surface area contributed by atoms with Crippen LogP contribution >= 0.6 is 23.2 Å². The van der Waals surface area contributed by atoms with E-state index in [-0.39, 0.29) is 15.7 Å². The first-order valence-electron chi connectivity index (χ1n) is 5.96. The molecule has 0 saturated carbocycles. The molecule has 0 aliphatic heterocycles. The Hall–Kier alpha value is -2.11. The van der Waals surface area contributed by atoms with Crippen molar-refractivity contribution in [2.45, 2.75) is 6.92 Å². The minimum Gasteiger partial charge on any atom is -0.308 e. The van der Waals surface area contributed by atoms with Crippen molar-refractivity contribution < 1.29 is 9.59 Å². The summed E-state index contributed by atoms with van der Waals surface area (Å²) in [6, 6.07) is 7.82. The van der Waals surface area contributed by atoms with Crippen molar-refractivity contribution in [3.63, 3.8) is 0 Å². The van der Waals surface area contributed by atoms with Gasteiger partial charge in [-0.2, -0.15) is 0 Å². The Morgan fingerprint density at radius 3 is 2.48 bits per heavy atom. The van der Waals surface area contributed by atoms with Crippen LogP contribution in [0.15, 0.2) is 36.5 Å². The van der Waals surface area contributed by atoms with Gasteiger partial charge in [0.2, 0.25) is 0 Å². The number of aryl methyl sites for hydroxylation is 1. The summed E-state index contributed by atoms with van der Waals surface area (Å²) in [4.78, 5) is 27.4. The van der Waals surface area contributed by atoms with Crippen LogP contribution in [0.2, 0.25) is 10.2 Å². The second kappa shape index (κ2) is 6.56. The Morgan fingerprint density at radius 1 is 1.14 bits per heavy atom. The number of carbonyl (C=O) groups is 2. The minimum atomic E-state index is -0.681. The molecule has 0 unspecified atom stereocenters. The van der Waals surface area contributed by atoms with E-state index in [0.717, 1.165) is 5.56 Å². The van der Waals surface area contributed by atoms with E-state index >= 15 is 0 Å². The zero-order chi connectivity index (χ0) is 15.4. The molecule has 2 aromatic rings. The minimum absolute atomic E-state index is 0.0277. The fourth-order valence-electron chi connectivity index (χ4n) is 1.55. The number of anilines is 1. The number of hydrogen-bond acceptors (Lipinski definition) is 3. The van der Waals surface area contributed by atoms with Gasteiger partial charge >= 0.3 is 6.03 Å². The first kappa shape index (κ1) is 15.3. The van der Waals surface area contributed by atoms with E-state index in [0.29, 0.717) is 5.69 Å². The van der Waals surface area contributed by atoms with Gasteiger partial charge in [-0.05, 0) is 25.1 Å². The number of nitrogens with zero attached hydrogens (tertiary/aromatic N) is 1. The average molecular weight is 324 g/mol. The van der Waals surface area contributed by atoms with Gasteiger partial charge in [0.1, 0.15) is 5.15 Å². The second-order valence-corrected chi connectivity index (χ2v) is 5.06. The molecule has 0 bridgehead atoms. The summed E-state index contributed by atoms with van der Waals surface area (Å²) in [6.07, 6.45) is 1.31. The van der Waals surface area contributed by atoms with Crippen molar-refractivity contribution >= 4 is 40.8 Å². The lowest BCUT2D eigenvalue weighted by Crippen LogP contribution is -2.34. The topological polar surface area (TPSA) is 71.1 Å². The number of benzene rings is 1. The standard InChI is InChI=1S/C14H11Cl2N3O2/c1-8-2-4-10(5-3-8)18-14(21)19-13(20)11-6-9(15)7-17-12(11)16/h2-7H,1H3,(H2,18,19,20,21). The first-order valence-corrected chi connectivity index (χ1v) is 6.71. The van der Waals surface area contributed by atoms with Crippen LogP contribution in [0.25, 0.3) is 0 Å². The third-order valence-corrected chi connectivity index (χ3v) is 3.09. The molecule has 0 saturated heterocycles. The van der Waals surface area contributed by atoms with Crippen LogP contribution in [-0.4, -0.2) is 16.9 Å². The molecule has 2 rings (SSSR count). The Labute approximate surface area is 131 Å². The number of halogens is 2. The van der Waals surface area contributed by atoms with Crippen molar-refractivity contribution in [2.24, 2.45) is 0 Å². The molecule has 0 radical (unpaired) electrons. The van der Waals surface area contributed by atoms with Crippen molar-refractivity contribution in [3.8, 4) is 0 Å². The van der Waals surface area contributed by atoms with Gasteiger partial charge in [0.25, 0.3) is 5.91 Å². The Bertz CT molecular complexity index is 687.